The maximum Gasteiger partial charge on any atom is 0.269 e. The number of hydrogen-bond donors (Lipinski definition) is 0. The first-order valence-corrected chi connectivity index (χ1v) is 6.47. The number of nitro groups is 1. The van der Waals surface area contributed by atoms with Crippen LogP contribution in [0.25, 0.3) is 0 Å². The number of carbonyl (C=O) groups is 1. The summed E-state index contributed by atoms with van der Waals surface area (Å²) < 4.78 is 0. The van der Waals surface area contributed by atoms with Gasteiger partial charge in [-0.15, -0.1) is 0 Å². The van der Waals surface area contributed by atoms with Gasteiger partial charge in [0.15, 0.2) is 5.78 Å². The minimum atomic E-state index is -0.473. The third kappa shape index (κ3) is 3.42. The Kier molecular flexibility index (Phi) is 4.48. The summed E-state index contributed by atoms with van der Waals surface area (Å²) >= 11 is 6.00. The molecule has 4 nitrogen and oxygen atoms in total. The topological polar surface area (TPSA) is 60.2 Å². The molecule has 0 aromatic heterocycles. The van der Waals surface area contributed by atoms with Crippen molar-refractivity contribution in [2.45, 2.75) is 12.8 Å². The van der Waals surface area contributed by atoms with E-state index < -0.39 is 4.92 Å². The van der Waals surface area contributed by atoms with Crippen LogP contribution < -0.4 is 0 Å². The van der Waals surface area contributed by atoms with E-state index in [2.05, 4.69) is 0 Å². The minimum absolute atomic E-state index is 0.00632. The number of nitrogens with zero attached hydrogens (tertiary/aromatic N) is 1. The van der Waals surface area contributed by atoms with Gasteiger partial charge >= 0.3 is 0 Å². The van der Waals surface area contributed by atoms with E-state index in [1.807, 2.05) is 6.07 Å². The number of non-ortho nitro benzene ring substituents is 1. The Morgan fingerprint density at radius 2 is 1.85 bits per heavy atom. The molecule has 0 radical (unpaired) electrons. The van der Waals surface area contributed by atoms with Crippen LogP contribution in [0.3, 0.4) is 0 Å². The van der Waals surface area contributed by atoms with Gasteiger partial charge in [-0.05, 0) is 18.1 Å². The van der Waals surface area contributed by atoms with Crippen molar-refractivity contribution >= 4 is 23.1 Å². The Bertz CT molecular complexity index is 641. The quantitative estimate of drug-likeness (QED) is 0.474. The number of aryl methyl sites for hydroxylation is 1. The smallest absolute Gasteiger partial charge is 0.269 e. The fourth-order valence-corrected chi connectivity index (χ4v) is 2.09. The summed E-state index contributed by atoms with van der Waals surface area (Å²) in [5, 5.41) is 11.2. The second kappa shape index (κ2) is 6.30. The first-order valence-electron chi connectivity index (χ1n) is 6.09. The van der Waals surface area contributed by atoms with E-state index in [9.17, 15) is 14.9 Å². The molecule has 0 saturated carbocycles. The van der Waals surface area contributed by atoms with Crippen LogP contribution in [0.2, 0.25) is 5.02 Å². The zero-order valence-corrected chi connectivity index (χ0v) is 11.3. The molecule has 0 saturated heterocycles. The van der Waals surface area contributed by atoms with E-state index in [1.54, 1.807) is 24.3 Å². The number of nitro benzene ring substituents is 1. The number of halogens is 1. The lowest BCUT2D eigenvalue weighted by Crippen LogP contribution is -2.01. The number of carbonyl (C=O) groups excluding carboxylic acids is 1. The summed E-state index contributed by atoms with van der Waals surface area (Å²) in [6, 6.07) is 13.2. The Morgan fingerprint density at radius 1 is 1.15 bits per heavy atom. The van der Waals surface area contributed by atoms with Crippen molar-refractivity contribution in [1.29, 1.82) is 0 Å². The first kappa shape index (κ1) is 14.2. The van der Waals surface area contributed by atoms with E-state index in [1.165, 1.54) is 18.2 Å². The van der Waals surface area contributed by atoms with Crippen LogP contribution >= 0.6 is 11.6 Å². The molecule has 0 aliphatic carbocycles. The van der Waals surface area contributed by atoms with Gasteiger partial charge in [-0.1, -0.05) is 41.9 Å². The Morgan fingerprint density at radius 3 is 2.50 bits per heavy atom. The van der Waals surface area contributed by atoms with Crippen molar-refractivity contribution in [2.24, 2.45) is 0 Å². The van der Waals surface area contributed by atoms with Crippen molar-refractivity contribution in [3.05, 3.63) is 74.8 Å². The van der Waals surface area contributed by atoms with Crippen molar-refractivity contribution in [1.82, 2.24) is 0 Å². The third-order valence-electron chi connectivity index (χ3n) is 2.96. The van der Waals surface area contributed by atoms with Gasteiger partial charge in [0, 0.05) is 29.1 Å². The lowest BCUT2D eigenvalue weighted by Gasteiger charge is -2.04. The highest BCUT2D eigenvalue weighted by Gasteiger charge is 2.12. The van der Waals surface area contributed by atoms with E-state index in [-0.39, 0.29) is 17.9 Å². The zero-order valence-electron chi connectivity index (χ0n) is 10.6. The van der Waals surface area contributed by atoms with Gasteiger partial charge in [-0.25, -0.2) is 0 Å². The monoisotopic (exact) mass is 289 g/mol. The molecular weight excluding hydrogens is 278 g/mol. The van der Waals surface area contributed by atoms with Gasteiger partial charge in [0.05, 0.1) is 4.92 Å². The molecule has 0 bridgehead atoms. The fourth-order valence-electron chi connectivity index (χ4n) is 1.88. The fraction of sp³-hybridized carbons (Fsp3) is 0.133. The van der Waals surface area contributed by atoms with Gasteiger partial charge in [0.1, 0.15) is 0 Å². The van der Waals surface area contributed by atoms with Gasteiger partial charge in [0.25, 0.3) is 5.69 Å². The maximum atomic E-state index is 12.0. The Labute approximate surface area is 121 Å². The molecule has 2 aromatic rings. The second-order valence-electron chi connectivity index (χ2n) is 4.32. The predicted molar refractivity (Wildman–Crippen MR) is 77.2 cm³/mol. The molecule has 5 heteroatoms. The lowest BCUT2D eigenvalue weighted by atomic mass is 10.0. The standard InChI is InChI=1S/C15H12ClNO3/c16-14-8-7-13(17(19)20)10-12(14)6-9-15(18)11-4-2-1-3-5-11/h1-5,7-8,10H,6,9H2. The molecule has 0 unspecified atom stereocenters. The molecule has 20 heavy (non-hydrogen) atoms. The molecule has 0 heterocycles. The van der Waals surface area contributed by atoms with Gasteiger partial charge in [-0.3, -0.25) is 14.9 Å². The van der Waals surface area contributed by atoms with Crippen LogP contribution in [-0.4, -0.2) is 10.7 Å². The summed E-state index contributed by atoms with van der Waals surface area (Å²) in [5.74, 6) is -0.00632. The summed E-state index contributed by atoms with van der Waals surface area (Å²) in [4.78, 5) is 22.2. The largest absolute Gasteiger partial charge is 0.294 e. The van der Waals surface area contributed by atoms with Crippen molar-refractivity contribution in [2.75, 3.05) is 0 Å². The van der Waals surface area contributed by atoms with E-state index >= 15 is 0 Å². The van der Waals surface area contributed by atoms with Crippen LogP contribution in [0, 0.1) is 10.1 Å². The molecule has 0 aliphatic heterocycles. The molecule has 0 fully saturated rings. The predicted octanol–water partition coefficient (Wildman–Crippen LogP) is 4.06. The van der Waals surface area contributed by atoms with Crippen LogP contribution in [0.5, 0.6) is 0 Å². The molecule has 0 atom stereocenters. The Hall–Kier alpha value is -2.20. The van der Waals surface area contributed by atoms with E-state index in [0.717, 1.165) is 0 Å². The average Bonchev–Trinajstić information content (AvgIpc) is 2.46. The molecule has 2 rings (SSSR count). The van der Waals surface area contributed by atoms with Crippen molar-refractivity contribution in [3.8, 4) is 0 Å². The summed E-state index contributed by atoms with van der Waals surface area (Å²) in [6.45, 7) is 0. The van der Waals surface area contributed by atoms with E-state index in [0.29, 0.717) is 22.6 Å². The summed E-state index contributed by atoms with van der Waals surface area (Å²) in [6.07, 6.45) is 0.652. The van der Waals surface area contributed by atoms with Crippen molar-refractivity contribution < 1.29 is 9.72 Å². The average molecular weight is 290 g/mol. The Balaban J connectivity index is 2.09. The molecule has 0 aliphatic rings. The minimum Gasteiger partial charge on any atom is -0.294 e. The highest BCUT2D eigenvalue weighted by atomic mass is 35.5. The van der Waals surface area contributed by atoms with Gasteiger partial charge in [0.2, 0.25) is 0 Å². The molecule has 0 N–H and O–H groups in total. The number of rotatable bonds is 5. The molecule has 0 amide bonds. The summed E-state index contributed by atoms with van der Waals surface area (Å²) in [5.41, 5.74) is 1.23. The molecule has 102 valence electrons. The number of benzene rings is 2. The highest BCUT2D eigenvalue weighted by Crippen LogP contribution is 2.23. The first-order chi connectivity index (χ1) is 9.58. The number of Topliss-reactive ketones (excluding diaryl/α,β-unsaturated/α-hetero) is 1. The normalized spacial score (nSPS) is 10.2. The third-order valence-corrected chi connectivity index (χ3v) is 3.33. The van der Waals surface area contributed by atoms with Crippen LogP contribution in [0.1, 0.15) is 22.3 Å². The SMILES string of the molecule is O=C(CCc1cc([N+](=O)[O-])ccc1Cl)c1ccccc1. The van der Waals surface area contributed by atoms with E-state index in [4.69, 9.17) is 11.6 Å². The highest BCUT2D eigenvalue weighted by molar-refractivity contribution is 6.31. The second-order valence-corrected chi connectivity index (χ2v) is 4.73. The van der Waals surface area contributed by atoms with Crippen molar-refractivity contribution in [3.63, 3.8) is 0 Å². The van der Waals surface area contributed by atoms with Gasteiger partial charge in [-0.2, -0.15) is 0 Å². The van der Waals surface area contributed by atoms with Crippen LogP contribution in [0.4, 0.5) is 5.69 Å². The van der Waals surface area contributed by atoms with Crippen LogP contribution in [0.15, 0.2) is 48.5 Å². The van der Waals surface area contributed by atoms with Crippen LogP contribution in [-0.2, 0) is 6.42 Å². The zero-order chi connectivity index (χ0) is 14.5. The number of hydrogen-bond acceptors (Lipinski definition) is 3. The molecule has 2 aromatic carbocycles. The summed E-state index contributed by atoms with van der Waals surface area (Å²) in [7, 11) is 0. The molecule has 0 spiro atoms. The number of ketones is 1. The lowest BCUT2D eigenvalue weighted by molar-refractivity contribution is -0.384. The van der Waals surface area contributed by atoms with Gasteiger partial charge < -0.3 is 0 Å². The maximum absolute atomic E-state index is 12.0. The molecular formula is C15H12ClNO3.